The maximum Gasteiger partial charge on any atom is 0.227 e. The van der Waals surface area contributed by atoms with Crippen molar-refractivity contribution in [3.63, 3.8) is 0 Å². The van der Waals surface area contributed by atoms with Crippen LogP contribution in [0.1, 0.15) is 24.8 Å². The number of likely N-dealkylation sites (N-methyl/N-ethyl adjacent to an activating group) is 1. The first kappa shape index (κ1) is 18.2. The molecule has 1 saturated heterocycles. The lowest BCUT2D eigenvalue weighted by atomic mass is 9.94. The molecular formula is C17H24ClFN2O2. The lowest BCUT2D eigenvalue weighted by Gasteiger charge is -2.30. The zero-order chi connectivity index (χ0) is 17.0. The predicted octanol–water partition coefficient (Wildman–Crippen LogP) is 2.33. The minimum Gasteiger partial charge on any atom is -0.388 e. The number of halogens is 2. The summed E-state index contributed by atoms with van der Waals surface area (Å²) in [7, 11) is 3.85. The zero-order valence-electron chi connectivity index (χ0n) is 13.7. The van der Waals surface area contributed by atoms with E-state index in [1.807, 2.05) is 19.0 Å². The SMILES string of the molecule is CN(C)C[C@@]1(O)CCCN(C(=O)Cc2c(F)cccc2Cl)CC1. The Morgan fingerprint density at radius 1 is 1.39 bits per heavy atom. The molecule has 1 N–H and O–H groups in total. The number of carbonyl (C=O) groups is 1. The van der Waals surface area contributed by atoms with Crippen LogP contribution in [0.5, 0.6) is 0 Å². The van der Waals surface area contributed by atoms with E-state index in [1.165, 1.54) is 12.1 Å². The summed E-state index contributed by atoms with van der Waals surface area (Å²) >= 11 is 5.99. The number of rotatable bonds is 4. The van der Waals surface area contributed by atoms with Gasteiger partial charge in [-0.1, -0.05) is 17.7 Å². The van der Waals surface area contributed by atoms with E-state index in [2.05, 4.69) is 0 Å². The van der Waals surface area contributed by atoms with Crippen LogP contribution >= 0.6 is 11.6 Å². The molecule has 0 saturated carbocycles. The Kier molecular flexibility index (Phi) is 6.00. The van der Waals surface area contributed by atoms with Crippen molar-refractivity contribution in [3.05, 3.63) is 34.6 Å². The smallest absolute Gasteiger partial charge is 0.227 e. The molecule has 128 valence electrons. The molecule has 0 spiro atoms. The Balaban J connectivity index is 2.01. The first-order chi connectivity index (χ1) is 10.8. The normalized spacial score (nSPS) is 22.3. The number of hydrogen-bond acceptors (Lipinski definition) is 3. The molecule has 1 aromatic carbocycles. The van der Waals surface area contributed by atoms with Crippen LogP contribution in [0, 0.1) is 5.82 Å². The fourth-order valence-corrected chi connectivity index (χ4v) is 3.37. The van der Waals surface area contributed by atoms with Gasteiger partial charge in [-0.05, 0) is 45.5 Å². The maximum atomic E-state index is 13.8. The van der Waals surface area contributed by atoms with E-state index >= 15 is 0 Å². The largest absolute Gasteiger partial charge is 0.388 e. The standard InChI is InChI=1S/C17H24ClFN2O2/c1-20(2)12-17(23)7-4-9-21(10-8-17)16(22)11-13-14(18)5-3-6-15(13)19/h3,5-6,23H,4,7-12H2,1-2H3/t17-/m1/s1. The van der Waals surface area contributed by atoms with Crippen molar-refractivity contribution < 1.29 is 14.3 Å². The molecule has 1 aliphatic rings. The Bertz CT molecular complexity index is 547. The quantitative estimate of drug-likeness (QED) is 0.913. The zero-order valence-corrected chi connectivity index (χ0v) is 14.4. The van der Waals surface area contributed by atoms with E-state index in [9.17, 15) is 14.3 Å². The number of aliphatic hydroxyl groups is 1. The molecule has 0 aromatic heterocycles. The summed E-state index contributed by atoms with van der Waals surface area (Å²) in [5, 5.41) is 10.9. The summed E-state index contributed by atoms with van der Waals surface area (Å²) in [5.74, 6) is -0.601. The average molecular weight is 343 g/mol. The van der Waals surface area contributed by atoms with Crippen LogP contribution in [0.2, 0.25) is 5.02 Å². The second kappa shape index (κ2) is 7.60. The fraction of sp³-hybridized carbons (Fsp3) is 0.588. The Morgan fingerprint density at radius 2 is 2.13 bits per heavy atom. The lowest BCUT2D eigenvalue weighted by Crippen LogP contribution is -2.41. The highest BCUT2D eigenvalue weighted by Crippen LogP contribution is 2.25. The van der Waals surface area contributed by atoms with Crippen molar-refractivity contribution >= 4 is 17.5 Å². The number of carbonyl (C=O) groups excluding carboxylic acids is 1. The summed E-state index contributed by atoms with van der Waals surface area (Å²) < 4.78 is 13.8. The van der Waals surface area contributed by atoms with Crippen LogP contribution in [0.3, 0.4) is 0 Å². The van der Waals surface area contributed by atoms with Crippen LogP contribution in [-0.4, -0.2) is 60.1 Å². The van der Waals surface area contributed by atoms with Gasteiger partial charge in [-0.25, -0.2) is 4.39 Å². The minimum atomic E-state index is -0.770. The monoisotopic (exact) mass is 342 g/mol. The molecule has 4 nitrogen and oxygen atoms in total. The van der Waals surface area contributed by atoms with Gasteiger partial charge < -0.3 is 14.9 Å². The highest BCUT2D eigenvalue weighted by atomic mass is 35.5. The van der Waals surface area contributed by atoms with Crippen molar-refractivity contribution in [1.29, 1.82) is 0 Å². The first-order valence-electron chi connectivity index (χ1n) is 7.88. The van der Waals surface area contributed by atoms with E-state index < -0.39 is 11.4 Å². The molecule has 1 aliphatic heterocycles. The van der Waals surface area contributed by atoms with Gasteiger partial charge in [0.05, 0.1) is 12.0 Å². The van der Waals surface area contributed by atoms with Crippen molar-refractivity contribution in [3.8, 4) is 0 Å². The number of amides is 1. The second-order valence-corrected chi connectivity index (χ2v) is 6.98. The number of hydrogen-bond donors (Lipinski definition) is 1. The van der Waals surface area contributed by atoms with Gasteiger partial charge in [0.15, 0.2) is 0 Å². The number of likely N-dealkylation sites (tertiary alicyclic amines) is 1. The third kappa shape index (κ3) is 4.90. The van der Waals surface area contributed by atoms with Crippen LogP contribution in [0.15, 0.2) is 18.2 Å². The third-order valence-corrected chi connectivity index (χ3v) is 4.62. The molecule has 0 unspecified atom stereocenters. The molecule has 2 rings (SSSR count). The van der Waals surface area contributed by atoms with Gasteiger partial charge in [-0.15, -0.1) is 0 Å². The molecule has 6 heteroatoms. The van der Waals surface area contributed by atoms with E-state index in [4.69, 9.17) is 11.6 Å². The van der Waals surface area contributed by atoms with E-state index in [0.29, 0.717) is 32.5 Å². The van der Waals surface area contributed by atoms with Crippen LogP contribution < -0.4 is 0 Å². The van der Waals surface area contributed by atoms with Gasteiger partial charge in [-0.3, -0.25) is 4.79 Å². The Morgan fingerprint density at radius 3 is 2.78 bits per heavy atom. The third-order valence-electron chi connectivity index (χ3n) is 4.27. The predicted molar refractivity (Wildman–Crippen MR) is 89.0 cm³/mol. The van der Waals surface area contributed by atoms with Crippen LogP contribution in [0.25, 0.3) is 0 Å². The summed E-state index contributed by atoms with van der Waals surface area (Å²) in [6.45, 7) is 1.64. The molecular weight excluding hydrogens is 319 g/mol. The van der Waals surface area contributed by atoms with Gasteiger partial charge in [0.2, 0.25) is 5.91 Å². The lowest BCUT2D eigenvalue weighted by molar-refractivity contribution is -0.130. The Hall–Kier alpha value is -1.17. The topological polar surface area (TPSA) is 43.8 Å². The van der Waals surface area contributed by atoms with Crippen LogP contribution in [0.4, 0.5) is 4.39 Å². The van der Waals surface area contributed by atoms with Crippen molar-refractivity contribution in [2.45, 2.75) is 31.3 Å². The summed E-state index contributed by atoms with van der Waals surface area (Å²) in [5.41, 5.74) is -0.527. The summed E-state index contributed by atoms with van der Waals surface area (Å²) in [4.78, 5) is 16.1. The highest BCUT2D eigenvalue weighted by Gasteiger charge is 2.32. The average Bonchev–Trinajstić information content (AvgIpc) is 2.64. The highest BCUT2D eigenvalue weighted by molar-refractivity contribution is 6.31. The van der Waals surface area contributed by atoms with Gasteiger partial charge >= 0.3 is 0 Å². The number of benzene rings is 1. The van der Waals surface area contributed by atoms with Gasteiger partial charge in [0, 0.05) is 30.2 Å². The molecule has 1 amide bonds. The van der Waals surface area contributed by atoms with Crippen LogP contribution in [-0.2, 0) is 11.2 Å². The molecule has 23 heavy (non-hydrogen) atoms. The molecule has 0 bridgehead atoms. The van der Waals surface area contributed by atoms with Gasteiger partial charge in [0.25, 0.3) is 0 Å². The molecule has 1 heterocycles. The fourth-order valence-electron chi connectivity index (χ4n) is 3.14. The van der Waals surface area contributed by atoms with Crippen molar-refractivity contribution in [2.24, 2.45) is 0 Å². The minimum absolute atomic E-state index is 0.0440. The Labute approximate surface area is 141 Å². The maximum absolute atomic E-state index is 13.8. The summed E-state index contributed by atoms with van der Waals surface area (Å²) in [6.07, 6.45) is 1.88. The molecule has 0 aliphatic carbocycles. The van der Waals surface area contributed by atoms with Gasteiger partial charge in [-0.2, -0.15) is 0 Å². The van der Waals surface area contributed by atoms with E-state index in [-0.39, 0.29) is 22.9 Å². The number of nitrogens with zero attached hydrogens (tertiary/aromatic N) is 2. The summed E-state index contributed by atoms with van der Waals surface area (Å²) in [6, 6.07) is 4.43. The first-order valence-corrected chi connectivity index (χ1v) is 8.26. The van der Waals surface area contributed by atoms with E-state index in [1.54, 1.807) is 11.0 Å². The molecule has 1 atom stereocenters. The van der Waals surface area contributed by atoms with E-state index in [0.717, 1.165) is 6.42 Å². The molecule has 1 fully saturated rings. The molecule has 0 radical (unpaired) electrons. The molecule has 1 aromatic rings. The second-order valence-electron chi connectivity index (χ2n) is 6.57. The van der Waals surface area contributed by atoms with Crippen molar-refractivity contribution in [2.75, 3.05) is 33.7 Å². The van der Waals surface area contributed by atoms with Crippen molar-refractivity contribution in [1.82, 2.24) is 9.80 Å². The van der Waals surface area contributed by atoms with Gasteiger partial charge in [0.1, 0.15) is 5.82 Å².